The molecular weight excluding hydrogens is 308 g/mol. The summed E-state index contributed by atoms with van der Waals surface area (Å²) in [5.74, 6) is 0.289. The summed E-state index contributed by atoms with van der Waals surface area (Å²) in [6.45, 7) is 0. The summed E-state index contributed by atoms with van der Waals surface area (Å²) in [6.07, 6.45) is 2.17. The number of rotatable bonds is 6. The summed E-state index contributed by atoms with van der Waals surface area (Å²) in [5.41, 5.74) is 1.43. The molecule has 1 N–H and O–H groups in total. The third kappa shape index (κ3) is 3.15. The van der Waals surface area contributed by atoms with Gasteiger partial charge in [0.15, 0.2) is 5.82 Å². The number of nitriles is 1. The van der Waals surface area contributed by atoms with Crippen molar-refractivity contribution in [1.82, 2.24) is 14.6 Å². The summed E-state index contributed by atoms with van der Waals surface area (Å²) < 4.78 is 1.19. The molecule has 3 aromatic rings. The van der Waals surface area contributed by atoms with Gasteiger partial charge in [0.2, 0.25) is 5.65 Å². The third-order valence-corrected chi connectivity index (χ3v) is 3.60. The first kappa shape index (κ1) is 15.4. The topological polar surface area (TPSA) is 109 Å². The fraction of sp³-hybridized carbons (Fsp3) is 0.188. The van der Waals surface area contributed by atoms with Crippen LogP contribution in [0.25, 0.3) is 5.65 Å². The van der Waals surface area contributed by atoms with Crippen molar-refractivity contribution in [2.75, 3.05) is 5.32 Å². The molecule has 8 heteroatoms. The molecule has 0 fully saturated rings. The van der Waals surface area contributed by atoms with Gasteiger partial charge >= 0.3 is 5.82 Å². The maximum atomic E-state index is 11.0. The number of aromatic nitrogens is 3. The van der Waals surface area contributed by atoms with Crippen molar-refractivity contribution in [3.63, 3.8) is 0 Å². The van der Waals surface area contributed by atoms with Crippen molar-refractivity contribution in [1.29, 1.82) is 5.26 Å². The van der Waals surface area contributed by atoms with Crippen LogP contribution in [0.5, 0.6) is 0 Å². The molecule has 120 valence electrons. The zero-order valence-corrected chi connectivity index (χ0v) is 12.7. The van der Waals surface area contributed by atoms with Crippen molar-refractivity contribution in [2.45, 2.75) is 18.9 Å². The van der Waals surface area contributed by atoms with E-state index in [4.69, 9.17) is 5.26 Å². The fourth-order valence-corrected chi connectivity index (χ4v) is 2.46. The molecule has 0 aliphatic heterocycles. The number of hydrogen-bond acceptors (Lipinski definition) is 6. The maximum absolute atomic E-state index is 11.0. The zero-order valence-electron chi connectivity index (χ0n) is 12.7. The molecule has 0 saturated heterocycles. The molecule has 0 radical (unpaired) electrons. The number of fused-ring (bicyclic) bond motifs is 1. The molecule has 8 nitrogen and oxygen atoms in total. The monoisotopic (exact) mass is 322 g/mol. The Bertz CT molecular complexity index is 900. The fourth-order valence-electron chi connectivity index (χ4n) is 2.46. The Balaban J connectivity index is 1.92. The normalized spacial score (nSPS) is 11.8. The Kier molecular flexibility index (Phi) is 4.34. The predicted molar refractivity (Wildman–Crippen MR) is 87.3 cm³/mol. The van der Waals surface area contributed by atoms with Crippen molar-refractivity contribution in [3.8, 4) is 6.07 Å². The third-order valence-electron chi connectivity index (χ3n) is 3.60. The first-order valence-electron chi connectivity index (χ1n) is 7.36. The van der Waals surface area contributed by atoms with Crippen LogP contribution in [0.3, 0.4) is 0 Å². The highest BCUT2D eigenvalue weighted by Crippen LogP contribution is 2.23. The van der Waals surface area contributed by atoms with E-state index in [2.05, 4.69) is 21.5 Å². The molecule has 1 atom stereocenters. The molecule has 1 unspecified atom stereocenters. The Morgan fingerprint density at radius 2 is 2.08 bits per heavy atom. The lowest BCUT2D eigenvalue weighted by Gasteiger charge is -2.18. The van der Waals surface area contributed by atoms with Gasteiger partial charge in [-0.2, -0.15) is 5.26 Å². The first-order valence-corrected chi connectivity index (χ1v) is 7.36. The van der Waals surface area contributed by atoms with Crippen molar-refractivity contribution < 1.29 is 4.92 Å². The van der Waals surface area contributed by atoms with Gasteiger partial charge in [-0.3, -0.25) is 0 Å². The second-order valence-corrected chi connectivity index (χ2v) is 5.17. The van der Waals surface area contributed by atoms with Gasteiger partial charge in [0.1, 0.15) is 6.20 Å². The maximum Gasteiger partial charge on any atom is 0.368 e. The summed E-state index contributed by atoms with van der Waals surface area (Å²) in [6, 6.07) is 15.1. The molecule has 2 heterocycles. The van der Waals surface area contributed by atoms with Gasteiger partial charge in [0, 0.05) is 12.5 Å². The molecule has 0 bridgehead atoms. The van der Waals surface area contributed by atoms with Crippen LogP contribution >= 0.6 is 0 Å². The number of nitrogens with zero attached hydrogens (tertiary/aromatic N) is 5. The molecule has 1 aromatic carbocycles. The molecule has 0 saturated carbocycles. The minimum absolute atomic E-state index is 0.113. The van der Waals surface area contributed by atoms with Crippen LogP contribution in [0.4, 0.5) is 11.6 Å². The SMILES string of the molecule is N#CCCC(Nc1ccc2ncc([N+](=O)[O-])n2n1)c1ccccc1. The van der Waals surface area contributed by atoms with E-state index in [-0.39, 0.29) is 11.9 Å². The Morgan fingerprint density at radius 3 is 2.79 bits per heavy atom. The van der Waals surface area contributed by atoms with E-state index < -0.39 is 4.92 Å². The standard InChI is InChI=1S/C16H14N6O2/c17-10-4-7-13(12-5-2-1-3-6-12)19-14-8-9-15-18-11-16(22(23)24)21(15)20-14/h1-3,5-6,8-9,11,13H,4,7H2,(H,19,20). The van der Waals surface area contributed by atoms with Crippen molar-refractivity contribution in [2.24, 2.45) is 0 Å². The highest BCUT2D eigenvalue weighted by molar-refractivity contribution is 5.49. The molecule has 24 heavy (non-hydrogen) atoms. The predicted octanol–water partition coefficient (Wildman–Crippen LogP) is 3.09. The van der Waals surface area contributed by atoms with Crippen LogP contribution < -0.4 is 5.32 Å². The molecule has 3 rings (SSSR count). The molecule has 0 aliphatic rings. The van der Waals surface area contributed by atoms with Gasteiger partial charge in [-0.05, 0) is 23.0 Å². The Hall–Kier alpha value is -3.47. The van der Waals surface area contributed by atoms with E-state index in [0.717, 1.165) is 5.56 Å². The van der Waals surface area contributed by atoms with Crippen LogP contribution in [-0.4, -0.2) is 19.5 Å². The summed E-state index contributed by atoms with van der Waals surface area (Å²) in [4.78, 5) is 14.4. The van der Waals surface area contributed by atoms with Gasteiger partial charge in [0.25, 0.3) is 0 Å². The average Bonchev–Trinajstić information content (AvgIpc) is 3.02. The largest absolute Gasteiger partial charge is 0.368 e. The molecule has 0 spiro atoms. The lowest BCUT2D eigenvalue weighted by Crippen LogP contribution is -2.13. The van der Waals surface area contributed by atoms with Gasteiger partial charge in [-0.25, -0.2) is 4.98 Å². The minimum Gasteiger partial charge on any atom is -0.360 e. The van der Waals surface area contributed by atoms with Crippen LogP contribution in [0.15, 0.2) is 48.7 Å². The quantitative estimate of drug-likeness (QED) is 0.551. The highest BCUT2D eigenvalue weighted by Gasteiger charge is 2.18. The van der Waals surface area contributed by atoms with Crippen LogP contribution in [0, 0.1) is 21.4 Å². The van der Waals surface area contributed by atoms with E-state index in [0.29, 0.717) is 24.3 Å². The highest BCUT2D eigenvalue weighted by atomic mass is 16.6. The molecule has 2 aromatic heterocycles. The number of hydrogen-bond donors (Lipinski definition) is 1. The second-order valence-electron chi connectivity index (χ2n) is 5.17. The van der Waals surface area contributed by atoms with E-state index in [9.17, 15) is 10.1 Å². The lowest BCUT2D eigenvalue weighted by atomic mass is 10.0. The van der Waals surface area contributed by atoms with E-state index in [1.54, 1.807) is 12.1 Å². The molecular formula is C16H14N6O2. The van der Waals surface area contributed by atoms with Gasteiger partial charge in [0.05, 0.1) is 12.1 Å². The zero-order chi connectivity index (χ0) is 16.9. The van der Waals surface area contributed by atoms with Crippen LogP contribution in [-0.2, 0) is 0 Å². The second kappa shape index (κ2) is 6.75. The summed E-state index contributed by atoms with van der Waals surface area (Å²) in [5, 5.41) is 27.4. The van der Waals surface area contributed by atoms with E-state index in [1.165, 1.54) is 10.7 Å². The number of benzene rings is 1. The van der Waals surface area contributed by atoms with Gasteiger partial charge in [-0.1, -0.05) is 39.9 Å². The summed E-state index contributed by atoms with van der Waals surface area (Å²) >= 11 is 0. The van der Waals surface area contributed by atoms with Gasteiger partial charge in [-0.15, -0.1) is 0 Å². The van der Waals surface area contributed by atoms with Crippen molar-refractivity contribution >= 4 is 17.3 Å². The lowest BCUT2D eigenvalue weighted by molar-refractivity contribution is -0.391. The minimum atomic E-state index is -0.527. The van der Waals surface area contributed by atoms with Crippen LogP contribution in [0.2, 0.25) is 0 Å². The molecule has 0 aliphatic carbocycles. The van der Waals surface area contributed by atoms with Crippen molar-refractivity contribution in [3.05, 3.63) is 64.3 Å². The smallest absolute Gasteiger partial charge is 0.360 e. The number of imidazole rings is 1. The number of nitrogens with one attached hydrogen (secondary N) is 1. The van der Waals surface area contributed by atoms with E-state index in [1.807, 2.05) is 30.3 Å². The number of nitro groups is 1. The molecule has 0 amide bonds. The first-order chi connectivity index (χ1) is 11.7. The average molecular weight is 322 g/mol. The Morgan fingerprint density at radius 1 is 1.29 bits per heavy atom. The van der Waals surface area contributed by atoms with Gasteiger partial charge < -0.3 is 15.4 Å². The Labute approximate surface area is 137 Å². The van der Waals surface area contributed by atoms with Crippen LogP contribution in [0.1, 0.15) is 24.4 Å². The number of anilines is 1. The van der Waals surface area contributed by atoms with E-state index >= 15 is 0 Å². The summed E-state index contributed by atoms with van der Waals surface area (Å²) in [7, 11) is 0.